The van der Waals surface area contributed by atoms with Gasteiger partial charge in [-0.15, -0.1) is 0 Å². The van der Waals surface area contributed by atoms with Crippen molar-refractivity contribution in [3.05, 3.63) is 29.3 Å². The van der Waals surface area contributed by atoms with Crippen molar-refractivity contribution in [2.45, 2.75) is 45.2 Å². The number of fused-ring (bicyclic) bond motifs is 1. The Hall–Kier alpha value is -1.06. The van der Waals surface area contributed by atoms with Gasteiger partial charge in [0.1, 0.15) is 5.75 Å². The van der Waals surface area contributed by atoms with Gasteiger partial charge in [0.25, 0.3) is 0 Å². The van der Waals surface area contributed by atoms with Gasteiger partial charge >= 0.3 is 0 Å². The molecular formula is C15H23NO2. The fraction of sp³-hybridized carbons (Fsp3) is 0.600. The number of hydrogen-bond acceptors (Lipinski definition) is 3. The Bertz CT molecular complexity index is 388. The van der Waals surface area contributed by atoms with Crippen LogP contribution in [0.15, 0.2) is 18.2 Å². The van der Waals surface area contributed by atoms with Crippen LogP contribution in [0.5, 0.6) is 5.75 Å². The van der Waals surface area contributed by atoms with Crippen LogP contribution in [0.25, 0.3) is 0 Å². The molecule has 1 aliphatic heterocycles. The number of aliphatic hydroxyl groups excluding tert-OH is 1. The Morgan fingerprint density at radius 1 is 1.50 bits per heavy atom. The molecule has 1 aromatic carbocycles. The molecule has 3 nitrogen and oxygen atoms in total. The molecule has 0 fully saturated rings. The smallest absolute Gasteiger partial charge is 0.126 e. The first-order valence-electron chi connectivity index (χ1n) is 6.85. The lowest BCUT2D eigenvalue weighted by Gasteiger charge is -2.24. The summed E-state index contributed by atoms with van der Waals surface area (Å²) < 4.78 is 5.86. The van der Waals surface area contributed by atoms with Gasteiger partial charge in [0.05, 0.1) is 13.2 Å². The molecule has 0 aromatic heterocycles. The highest BCUT2D eigenvalue weighted by atomic mass is 16.5. The predicted molar refractivity (Wildman–Crippen MR) is 72.9 cm³/mol. The lowest BCUT2D eigenvalue weighted by molar-refractivity contribution is 0.225. The molecule has 0 saturated heterocycles. The molecule has 0 bridgehead atoms. The Morgan fingerprint density at radius 2 is 2.33 bits per heavy atom. The van der Waals surface area contributed by atoms with Crippen molar-refractivity contribution in [2.24, 2.45) is 0 Å². The van der Waals surface area contributed by atoms with Gasteiger partial charge in [-0.05, 0) is 31.7 Å². The van der Waals surface area contributed by atoms with Crippen molar-refractivity contribution < 1.29 is 9.84 Å². The standard InChI is InChI=1S/C15H23NO2/c1-3-12(10-17)16-14-8-5-9-18-15-11(2)6-4-7-13(14)15/h4,6-7,12,14,16-17H,3,5,8-10H2,1-2H3. The van der Waals surface area contributed by atoms with Crippen LogP contribution in [0.3, 0.4) is 0 Å². The van der Waals surface area contributed by atoms with E-state index in [9.17, 15) is 5.11 Å². The van der Waals surface area contributed by atoms with Gasteiger partial charge in [0, 0.05) is 17.6 Å². The molecule has 1 aliphatic rings. The van der Waals surface area contributed by atoms with E-state index < -0.39 is 0 Å². The summed E-state index contributed by atoms with van der Waals surface area (Å²) in [6.45, 7) is 5.16. The van der Waals surface area contributed by atoms with Crippen LogP contribution in [-0.2, 0) is 0 Å². The topological polar surface area (TPSA) is 41.5 Å². The minimum atomic E-state index is 0.168. The molecule has 0 saturated carbocycles. The van der Waals surface area contributed by atoms with E-state index in [1.165, 1.54) is 11.1 Å². The summed E-state index contributed by atoms with van der Waals surface area (Å²) >= 11 is 0. The number of aliphatic hydroxyl groups is 1. The molecule has 2 unspecified atom stereocenters. The van der Waals surface area contributed by atoms with E-state index in [1.54, 1.807) is 0 Å². The summed E-state index contributed by atoms with van der Waals surface area (Å²) in [6.07, 6.45) is 3.05. The molecule has 0 spiro atoms. The molecule has 2 rings (SSSR count). The third-order valence-corrected chi connectivity index (χ3v) is 3.65. The third-order valence-electron chi connectivity index (χ3n) is 3.65. The normalized spacial score (nSPS) is 20.7. The maximum absolute atomic E-state index is 9.34. The van der Waals surface area contributed by atoms with E-state index in [0.29, 0.717) is 6.04 Å². The monoisotopic (exact) mass is 249 g/mol. The second kappa shape index (κ2) is 6.21. The van der Waals surface area contributed by atoms with E-state index in [4.69, 9.17) is 4.74 Å². The molecule has 2 atom stereocenters. The highest BCUT2D eigenvalue weighted by molar-refractivity contribution is 5.43. The van der Waals surface area contributed by atoms with Crippen LogP contribution in [0.1, 0.15) is 43.4 Å². The van der Waals surface area contributed by atoms with Crippen LogP contribution in [-0.4, -0.2) is 24.4 Å². The number of aryl methyl sites for hydroxylation is 1. The summed E-state index contributed by atoms with van der Waals surface area (Å²) in [5, 5.41) is 12.9. The fourth-order valence-electron chi connectivity index (χ4n) is 2.52. The Labute approximate surface area is 109 Å². The van der Waals surface area contributed by atoms with Crippen LogP contribution in [0.4, 0.5) is 0 Å². The van der Waals surface area contributed by atoms with Crippen LogP contribution < -0.4 is 10.1 Å². The number of rotatable bonds is 4. The second-order valence-corrected chi connectivity index (χ2v) is 4.99. The number of nitrogens with one attached hydrogen (secondary N) is 1. The van der Waals surface area contributed by atoms with Crippen molar-refractivity contribution >= 4 is 0 Å². The second-order valence-electron chi connectivity index (χ2n) is 4.99. The van der Waals surface area contributed by atoms with Gasteiger partial charge in [-0.1, -0.05) is 25.1 Å². The molecule has 100 valence electrons. The molecule has 1 aromatic rings. The zero-order chi connectivity index (χ0) is 13.0. The Morgan fingerprint density at radius 3 is 3.06 bits per heavy atom. The van der Waals surface area contributed by atoms with Crippen LogP contribution in [0.2, 0.25) is 0 Å². The number of benzene rings is 1. The van der Waals surface area contributed by atoms with Gasteiger partial charge < -0.3 is 15.2 Å². The third kappa shape index (κ3) is 2.85. The number of para-hydroxylation sites is 1. The summed E-state index contributed by atoms with van der Waals surface area (Å²) in [7, 11) is 0. The van der Waals surface area contributed by atoms with Gasteiger partial charge in [-0.3, -0.25) is 0 Å². The van der Waals surface area contributed by atoms with E-state index >= 15 is 0 Å². The lowest BCUT2D eigenvalue weighted by Crippen LogP contribution is -2.35. The first-order valence-corrected chi connectivity index (χ1v) is 6.85. The maximum Gasteiger partial charge on any atom is 0.126 e. The van der Waals surface area contributed by atoms with Crippen LogP contribution >= 0.6 is 0 Å². The number of hydrogen-bond donors (Lipinski definition) is 2. The van der Waals surface area contributed by atoms with Gasteiger partial charge in [-0.2, -0.15) is 0 Å². The van der Waals surface area contributed by atoms with Crippen LogP contribution in [0, 0.1) is 6.92 Å². The maximum atomic E-state index is 9.34. The quantitative estimate of drug-likeness (QED) is 0.861. The highest BCUT2D eigenvalue weighted by Crippen LogP contribution is 2.34. The Balaban J connectivity index is 2.24. The SMILES string of the molecule is CCC(CO)NC1CCCOc2c(C)cccc21. The average Bonchev–Trinajstić information content (AvgIpc) is 2.59. The minimum Gasteiger partial charge on any atom is -0.493 e. The minimum absolute atomic E-state index is 0.168. The molecule has 1 heterocycles. The summed E-state index contributed by atoms with van der Waals surface area (Å²) in [4.78, 5) is 0. The largest absolute Gasteiger partial charge is 0.493 e. The fourth-order valence-corrected chi connectivity index (χ4v) is 2.52. The molecule has 18 heavy (non-hydrogen) atoms. The van der Waals surface area contributed by atoms with Crippen molar-refractivity contribution in [3.63, 3.8) is 0 Å². The molecule has 2 N–H and O–H groups in total. The average molecular weight is 249 g/mol. The summed E-state index contributed by atoms with van der Waals surface area (Å²) in [5.41, 5.74) is 2.43. The first kappa shape index (κ1) is 13.4. The van der Waals surface area contributed by atoms with E-state index in [1.807, 2.05) is 0 Å². The zero-order valence-electron chi connectivity index (χ0n) is 11.3. The van der Waals surface area contributed by atoms with Crippen molar-refractivity contribution in [3.8, 4) is 5.75 Å². The molecule has 0 radical (unpaired) electrons. The van der Waals surface area contributed by atoms with Crippen molar-refractivity contribution in [2.75, 3.05) is 13.2 Å². The lowest BCUT2D eigenvalue weighted by atomic mass is 9.98. The number of ether oxygens (including phenoxy) is 1. The molecule has 3 heteroatoms. The predicted octanol–water partition coefficient (Wildman–Crippen LogP) is 2.57. The first-order chi connectivity index (χ1) is 8.76. The van der Waals surface area contributed by atoms with Crippen molar-refractivity contribution in [1.82, 2.24) is 5.32 Å². The van der Waals surface area contributed by atoms with Gasteiger partial charge in [0.2, 0.25) is 0 Å². The molecule has 0 aliphatic carbocycles. The van der Waals surface area contributed by atoms with E-state index in [-0.39, 0.29) is 12.6 Å². The summed E-state index contributed by atoms with van der Waals surface area (Å²) in [6, 6.07) is 6.76. The molecular weight excluding hydrogens is 226 g/mol. The van der Waals surface area contributed by atoms with Gasteiger partial charge in [-0.25, -0.2) is 0 Å². The van der Waals surface area contributed by atoms with Gasteiger partial charge in [0.15, 0.2) is 0 Å². The van der Waals surface area contributed by atoms with Crippen molar-refractivity contribution in [1.29, 1.82) is 0 Å². The molecule has 0 amide bonds. The highest BCUT2D eigenvalue weighted by Gasteiger charge is 2.22. The summed E-state index contributed by atoms with van der Waals surface area (Å²) in [5.74, 6) is 1.03. The van der Waals surface area contributed by atoms with E-state index in [0.717, 1.165) is 31.6 Å². The van der Waals surface area contributed by atoms with E-state index in [2.05, 4.69) is 37.4 Å². The zero-order valence-corrected chi connectivity index (χ0v) is 11.3. The Kier molecular flexibility index (Phi) is 4.61.